The maximum absolute atomic E-state index is 10.9. The van der Waals surface area contributed by atoms with E-state index in [0.717, 1.165) is 11.8 Å². The third-order valence-corrected chi connectivity index (χ3v) is 5.74. The minimum Gasteiger partial charge on any atom is -0.478 e. The van der Waals surface area contributed by atoms with Crippen LogP contribution in [0.15, 0.2) is 12.2 Å². The van der Waals surface area contributed by atoms with Gasteiger partial charge in [-0.25, -0.2) is 4.79 Å². The average Bonchev–Trinajstić information content (AvgIpc) is 2.35. The molecule has 3 heteroatoms. The Balaban J connectivity index is 0.000000212. The molecule has 0 spiro atoms. The number of carboxylic acids is 1. The lowest BCUT2D eigenvalue weighted by Gasteiger charge is -2.60. The van der Waals surface area contributed by atoms with Gasteiger partial charge >= 0.3 is 5.97 Å². The zero-order chi connectivity index (χ0) is 15.1. The number of hydrogen-bond donors (Lipinski definition) is 2. The van der Waals surface area contributed by atoms with Crippen LogP contribution in [0.25, 0.3) is 0 Å². The zero-order valence-electron chi connectivity index (χ0n) is 12.9. The lowest BCUT2D eigenvalue weighted by atomic mass is 9.48. The van der Waals surface area contributed by atoms with Gasteiger partial charge in [0.1, 0.15) is 0 Å². The topological polar surface area (TPSA) is 57.5 Å². The van der Waals surface area contributed by atoms with Crippen molar-refractivity contribution in [3.8, 4) is 0 Å². The number of aliphatic carboxylic acids is 1. The van der Waals surface area contributed by atoms with E-state index in [2.05, 4.69) is 20.4 Å². The molecule has 0 aromatic heterocycles. The first kappa shape index (κ1) is 15.6. The van der Waals surface area contributed by atoms with Gasteiger partial charge in [-0.2, -0.15) is 0 Å². The number of hydrogen-bond acceptors (Lipinski definition) is 2. The van der Waals surface area contributed by atoms with Gasteiger partial charge in [0.15, 0.2) is 0 Å². The van der Waals surface area contributed by atoms with Gasteiger partial charge in [-0.3, -0.25) is 0 Å². The van der Waals surface area contributed by atoms with Gasteiger partial charge in [0.25, 0.3) is 0 Å². The van der Waals surface area contributed by atoms with Crippen LogP contribution in [-0.4, -0.2) is 21.8 Å². The highest BCUT2D eigenvalue weighted by Crippen LogP contribution is 2.60. The predicted molar refractivity (Wildman–Crippen MR) is 79.3 cm³/mol. The normalized spacial score (nSPS) is 41.2. The standard InChI is InChI=1S/C13H22O.C4H6O2/c1-8(2)13(14)11-4-9-3-10(6-11)7-12(13)5-9;1-3(2)4(5)6/h8-12,14H,3-7H2,1-2H3;1H2,2H3,(H,5,6). The summed E-state index contributed by atoms with van der Waals surface area (Å²) in [4.78, 5) is 9.60. The maximum Gasteiger partial charge on any atom is 0.330 e. The quantitative estimate of drug-likeness (QED) is 0.761. The minimum atomic E-state index is -0.935. The minimum absolute atomic E-state index is 0.176. The Morgan fingerprint density at radius 3 is 1.70 bits per heavy atom. The summed E-state index contributed by atoms with van der Waals surface area (Å²) in [7, 11) is 0. The van der Waals surface area contributed by atoms with E-state index in [9.17, 15) is 9.90 Å². The van der Waals surface area contributed by atoms with Crippen LogP contribution in [0.1, 0.15) is 52.9 Å². The second kappa shape index (κ2) is 5.51. The SMILES string of the molecule is C=C(C)C(=O)O.CC(C)C1(O)C2CC3CC(C2)CC1C3. The molecule has 0 aromatic rings. The number of carbonyl (C=O) groups is 1. The third kappa shape index (κ3) is 2.65. The van der Waals surface area contributed by atoms with Crippen molar-refractivity contribution >= 4 is 5.97 Å². The molecule has 0 atom stereocenters. The van der Waals surface area contributed by atoms with Crippen molar-refractivity contribution in [1.82, 2.24) is 0 Å². The molecule has 4 saturated carbocycles. The van der Waals surface area contributed by atoms with Gasteiger partial charge in [-0.1, -0.05) is 20.4 Å². The van der Waals surface area contributed by atoms with Crippen LogP contribution in [-0.2, 0) is 4.79 Å². The highest BCUT2D eigenvalue weighted by Gasteiger charge is 2.57. The van der Waals surface area contributed by atoms with E-state index < -0.39 is 5.97 Å². The Morgan fingerprint density at radius 2 is 1.45 bits per heavy atom. The molecule has 0 unspecified atom stereocenters. The van der Waals surface area contributed by atoms with Gasteiger partial charge in [0, 0.05) is 5.57 Å². The van der Waals surface area contributed by atoms with E-state index in [1.54, 1.807) is 0 Å². The molecular weight excluding hydrogens is 252 g/mol. The van der Waals surface area contributed by atoms with Gasteiger partial charge in [0.2, 0.25) is 0 Å². The van der Waals surface area contributed by atoms with E-state index in [0.29, 0.717) is 17.8 Å². The molecule has 20 heavy (non-hydrogen) atoms. The summed E-state index contributed by atoms with van der Waals surface area (Å²) >= 11 is 0. The van der Waals surface area contributed by atoms with Gasteiger partial charge in [0.05, 0.1) is 5.60 Å². The van der Waals surface area contributed by atoms with Crippen LogP contribution < -0.4 is 0 Å². The maximum atomic E-state index is 10.9. The van der Waals surface area contributed by atoms with Crippen LogP contribution in [0.5, 0.6) is 0 Å². The summed E-state index contributed by atoms with van der Waals surface area (Å²) in [6.45, 7) is 9.02. The molecule has 3 nitrogen and oxygen atoms in total. The Labute approximate surface area is 122 Å². The first-order valence-electron chi connectivity index (χ1n) is 7.86. The largest absolute Gasteiger partial charge is 0.478 e. The molecular formula is C17H28O3. The van der Waals surface area contributed by atoms with Crippen molar-refractivity contribution in [1.29, 1.82) is 0 Å². The number of rotatable bonds is 2. The summed E-state index contributed by atoms with van der Waals surface area (Å²) in [5, 5.41) is 18.8. The first-order valence-corrected chi connectivity index (χ1v) is 7.86. The van der Waals surface area contributed by atoms with Crippen LogP contribution >= 0.6 is 0 Å². The van der Waals surface area contributed by atoms with E-state index in [4.69, 9.17) is 5.11 Å². The second-order valence-corrected chi connectivity index (χ2v) is 7.43. The Hall–Kier alpha value is -0.830. The van der Waals surface area contributed by atoms with E-state index >= 15 is 0 Å². The molecule has 4 aliphatic rings. The van der Waals surface area contributed by atoms with Gasteiger partial charge < -0.3 is 10.2 Å². The average molecular weight is 280 g/mol. The van der Waals surface area contributed by atoms with Crippen molar-refractivity contribution in [2.75, 3.05) is 0 Å². The summed E-state index contributed by atoms with van der Waals surface area (Å²) in [6.07, 6.45) is 6.76. The molecule has 114 valence electrons. The number of carboxylic acid groups (broad SMARTS) is 1. The monoisotopic (exact) mass is 280 g/mol. The van der Waals surface area contributed by atoms with E-state index in [1.165, 1.54) is 39.0 Å². The summed E-state index contributed by atoms with van der Waals surface area (Å²) in [6, 6.07) is 0. The molecule has 0 aromatic carbocycles. The predicted octanol–water partition coefficient (Wildman–Crippen LogP) is 3.48. The highest BCUT2D eigenvalue weighted by atomic mass is 16.4. The van der Waals surface area contributed by atoms with Gasteiger partial charge in [-0.15, -0.1) is 0 Å². The fourth-order valence-electron chi connectivity index (χ4n) is 4.88. The molecule has 4 bridgehead atoms. The Kier molecular flexibility index (Phi) is 4.29. The van der Waals surface area contributed by atoms with Crippen molar-refractivity contribution in [2.24, 2.45) is 29.6 Å². The van der Waals surface area contributed by atoms with Crippen molar-refractivity contribution in [3.05, 3.63) is 12.2 Å². The highest BCUT2D eigenvalue weighted by molar-refractivity contribution is 5.84. The first-order chi connectivity index (χ1) is 9.25. The summed E-state index contributed by atoms with van der Waals surface area (Å²) in [5.74, 6) is 2.73. The molecule has 4 fully saturated rings. The zero-order valence-corrected chi connectivity index (χ0v) is 12.9. The fraction of sp³-hybridized carbons (Fsp3) is 0.824. The smallest absolute Gasteiger partial charge is 0.330 e. The molecule has 0 radical (unpaired) electrons. The van der Waals surface area contributed by atoms with Crippen molar-refractivity contribution in [2.45, 2.75) is 58.5 Å². The fourth-order valence-corrected chi connectivity index (χ4v) is 4.88. The molecule has 4 aliphatic carbocycles. The molecule has 0 saturated heterocycles. The molecule has 0 amide bonds. The van der Waals surface area contributed by atoms with Gasteiger partial charge in [-0.05, 0) is 68.6 Å². The van der Waals surface area contributed by atoms with E-state index in [1.807, 2.05) is 0 Å². The Bertz CT molecular complexity index is 357. The lowest BCUT2D eigenvalue weighted by molar-refractivity contribution is -0.195. The number of aliphatic hydroxyl groups is 1. The van der Waals surface area contributed by atoms with Crippen LogP contribution in [0.4, 0.5) is 0 Å². The Morgan fingerprint density at radius 1 is 1.10 bits per heavy atom. The third-order valence-electron chi connectivity index (χ3n) is 5.74. The van der Waals surface area contributed by atoms with Crippen LogP contribution in [0.2, 0.25) is 0 Å². The second-order valence-electron chi connectivity index (χ2n) is 7.43. The van der Waals surface area contributed by atoms with E-state index in [-0.39, 0.29) is 11.2 Å². The molecule has 4 rings (SSSR count). The molecule has 2 N–H and O–H groups in total. The lowest BCUT2D eigenvalue weighted by Crippen LogP contribution is -2.60. The summed E-state index contributed by atoms with van der Waals surface area (Å²) < 4.78 is 0. The molecule has 0 aliphatic heterocycles. The summed E-state index contributed by atoms with van der Waals surface area (Å²) in [5.41, 5.74) is -0.122. The molecule has 0 heterocycles. The van der Waals surface area contributed by atoms with Crippen molar-refractivity contribution < 1.29 is 15.0 Å². The van der Waals surface area contributed by atoms with Crippen LogP contribution in [0.3, 0.4) is 0 Å². The van der Waals surface area contributed by atoms with Crippen molar-refractivity contribution in [3.63, 3.8) is 0 Å². The van der Waals surface area contributed by atoms with Crippen LogP contribution in [0, 0.1) is 29.6 Å².